The maximum Gasteiger partial charge on any atom is 0.341 e. The van der Waals surface area contributed by atoms with Gasteiger partial charge >= 0.3 is 5.97 Å². The molecule has 0 aliphatic heterocycles. The van der Waals surface area contributed by atoms with E-state index in [-0.39, 0.29) is 5.91 Å². The second-order valence-corrected chi connectivity index (χ2v) is 4.29. The third kappa shape index (κ3) is 4.24. The molecule has 1 amide bonds. The lowest BCUT2D eigenvalue weighted by molar-refractivity contribution is -0.139. The molecule has 0 atom stereocenters. The first-order valence-electron chi connectivity index (χ1n) is 6.16. The Kier molecular flexibility index (Phi) is 4.40. The second-order valence-electron chi connectivity index (χ2n) is 4.29. The number of carbonyl (C=O) groups is 2. The monoisotopic (exact) mass is 286 g/mol. The molecule has 2 aromatic carbocycles. The van der Waals surface area contributed by atoms with Crippen LogP contribution in [0.3, 0.4) is 0 Å². The number of carbonyl (C=O) groups excluding carboxylic acids is 1. The molecule has 0 aliphatic carbocycles. The van der Waals surface area contributed by atoms with E-state index < -0.39 is 12.6 Å². The van der Waals surface area contributed by atoms with Crippen LogP contribution in [0, 0.1) is 0 Å². The summed E-state index contributed by atoms with van der Waals surface area (Å²) in [7, 11) is 0. The second kappa shape index (κ2) is 6.42. The number of amides is 1. The smallest absolute Gasteiger partial charge is 0.341 e. The third-order valence-corrected chi connectivity index (χ3v) is 2.62. The van der Waals surface area contributed by atoms with Crippen molar-refractivity contribution in [3.05, 3.63) is 54.1 Å². The van der Waals surface area contributed by atoms with Crippen molar-refractivity contribution in [1.29, 1.82) is 0 Å². The lowest BCUT2D eigenvalue weighted by atomic mass is 10.2. The predicted molar refractivity (Wildman–Crippen MR) is 78.4 cm³/mol. The molecule has 0 aliphatic rings. The molecule has 0 unspecified atom stereocenters. The highest BCUT2D eigenvalue weighted by Gasteiger charge is 2.06. The van der Waals surface area contributed by atoms with Gasteiger partial charge in [0.05, 0.1) is 0 Å². The average molecular weight is 286 g/mol. The molecule has 6 heteroatoms. The Balaban J connectivity index is 2.00. The highest BCUT2D eigenvalue weighted by molar-refractivity contribution is 6.04. The van der Waals surface area contributed by atoms with Gasteiger partial charge in [-0.1, -0.05) is 6.07 Å². The number of nitrogens with one attached hydrogen (secondary N) is 1. The van der Waals surface area contributed by atoms with Crippen LogP contribution in [0.4, 0.5) is 11.4 Å². The number of anilines is 2. The van der Waals surface area contributed by atoms with E-state index in [4.69, 9.17) is 15.6 Å². The number of carboxylic acid groups (broad SMARTS) is 1. The van der Waals surface area contributed by atoms with Crippen molar-refractivity contribution < 1.29 is 19.4 Å². The number of nitrogen functional groups attached to an aromatic ring is 1. The molecule has 0 fully saturated rings. The Morgan fingerprint density at radius 3 is 2.48 bits per heavy atom. The van der Waals surface area contributed by atoms with Crippen LogP contribution in [0.15, 0.2) is 48.5 Å². The quantitative estimate of drug-likeness (QED) is 0.729. The van der Waals surface area contributed by atoms with Gasteiger partial charge < -0.3 is 20.9 Å². The maximum atomic E-state index is 12.0. The molecule has 108 valence electrons. The van der Waals surface area contributed by atoms with Crippen molar-refractivity contribution >= 4 is 23.3 Å². The number of aliphatic carboxylic acids is 1. The van der Waals surface area contributed by atoms with Crippen molar-refractivity contribution in [1.82, 2.24) is 0 Å². The zero-order valence-electron chi connectivity index (χ0n) is 11.1. The van der Waals surface area contributed by atoms with E-state index in [1.54, 1.807) is 48.5 Å². The standard InChI is InChI=1S/C15H14N2O4/c16-11-3-1-2-10(8-11)15(20)17-12-4-6-13(7-5-12)21-9-14(18)19/h1-8H,9,16H2,(H,17,20)(H,18,19). The van der Waals surface area contributed by atoms with Crippen LogP contribution in [-0.4, -0.2) is 23.6 Å². The van der Waals surface area contributed by atoms with Crippen LogP contribution in [0.25, 0.3) is 0 Å². The first-order valence-corrected chi connectivity index (χ1v) is 6.16. The van der Waals surface area contributed by atoms with Crippen molar-refractivity contribution in [2.45, 2.75) is 0 Å². The summed E-state index contributed by atoms with van der Waals surface area (Å²) in [4.78, 5) is 22.4. The summed E-state index contributed by atoms with van der Waals surface area (Å²) in [5.41, 5.74) is 7.17. The molecule has 0 aromatic heterocycles. The Morgan fingerprint density at radius 1 is 1.14 bits per heavy atom. The summed E-state index contributed by atoms with van der Waals surface area (Å²) < 4.78 is 5.00. The highest BCUT2D eigenvalue weighted by atomic mass is 16.5. The van der Waals surface area contributed by atoms with E-state index in [0.29, 0.717) is 22.7 Å². The maximum absolute atomic E-state index is 12.0. The van der Waals surface area contributed by atoms with Gasteiger partial charge in [-0.15, -0.1) is 0 Å². The molecule has 6 nitrogen and oxygen atoms in total. The Morgan fingerprint density at radius 2 is 1.86 bits per heavy atom. The first kappa shape index (κ1) is 14.4. The normalized spacial score (nSPS) is 9.90. The van der Waals surface area contributed by atoms with Gasteiger partial charge in [0, 0.05) is 16.9 Å². The van der Waals surface area contributed by atoms with Crippen LogP contribution >= 0.6 is 0 Å². The topological polar surface area (TPSA) is 102 Å². The molecule has 0 radical (unpaired) electrons. The van der Waals surface area contributed by atoms with Gasteiger partial charge in [0.15, 0.2) is 6.61 Å². The molecule has 0 bridgehead atoms. The minimum atomic E-state index is -1.05. The van der Waals surface area contributed by atoms with Crippen molar-refractivity contribution in [2.75, 3.05) is 17.7 Å². The fourth-order valence-corrected chi connectivity index (χ4v) is 1.66. The summed E-state index contributed by atoms with van der Waals surface area (Å²) in [6.45, 7) is -0.408. The number of benzene rings is 2. The number of hydrogen-bond acceptors (Lipinski definition) is 4. The predicted octanol–water partition coefficient (Wildman–Crippen LogP) is 1.98. The van der Waals surface area contributed by atoms with Gasteiger partial charge in [-0.25, -0.2) is 4.79 Å². The van der Waals surface area contributed by atoms with Gasteiger partial charge in [-0.05, 0) is 42.5 Å². The summed E-state index contributed by atoms with van der Waals surface area (Å²) in [5.74, 6) is -0.907. The van der Waals surface area contributed by atoms with E-state index in [2.05, 4.69) is 5.32 Å². The molecular formula is C15H14N2O4. The molecule has 4 N–H and O–H groups in total. The minimum Gasteiger partial charge on any atom is -0.482 e. The Hall–Kier alpha value is -3.02. The fourth-order valence-electron chi connectivity index (χ4n) is 1.66. The molecule has 0 heterocycles. The van der Waals surface area contributed by atoms with Crippen LogP contribution in [0.5, 0.6) is 5.75 Å². The lowest BCUT2D eigenvalue weighted by Crippen LogP contribution is -2.12. The van der Waals surface area contributed by atoms with Crippen molar-refractivity contribution in [2.24, 2.45) is 0 Å². The van der Waals surface area contributed by atoms with E-state index in [1.165, 1.54) is 0 Å². The van der Waals surface area contributed by atoms with E-state index in [1.807, 2.05) is 0 Å². The van der Waals surface area contributed by atoms with Crippen molar-refractivity contribution in [3.8, 4) is 5.75 Å². The van der Waals surface area contributed by atoms with Crippen LogP contribution in [-0.2, 0) is 4.79 Å². The van der Waals surface area contributed by atoms with Gasteiger partial charge in [-0.3, -0.25) is 4.79 Å². The van der Waals surface area contributed by atoms with E-state index in [0.717, 1.165) is 0 Å². The van der Waals surface area contributed by atoms with Gasteiger partial charge in [0.2, 0.25) is 0 Å². The van der Waals surface area contributed by atoms with Gasteiger partial charge in [0.25, 0.3) is 5.91 Å². The van der Waals surface area contributed by atoms with Crippen LogP contribution in [0.2, 0.25) is 0 Å². The van der Waals surface area contributed by atoms with E-state index in [9.17, 15) is 9.59 Å². The largest absolute Gasteiger partial charge is 0.482 e. The zero-order chi connectivity index (χ0) is 15.2. The molecule has 0 saturated carbocycles. The minimum absolute atomic E-state index is 0.276. The zero-order valence-corrected chi connectivity index (χ0v) is 11.1. The number of rotatable bonds is 5. The molecule has 0 saturated heterocycles. The highest BCUT2D eigenvalue weighted by Crippen LogP contribution is 2.17. The fraction of sp³-hybridized carbons (Fsp3) is 0.0667. The molecule has 2 aromatic rings. The number of nitrogens with two attached hydrogens (primary N) is 1. The lowest BCUT2D eigenvalue weighted by Gasteiger charge is -2.07. The summed E-state index contributed by atoms with van der Waals surface area (Å²) in [6.07, 6.45) is 0. The van der Waals surface area contributed by atoms with Gasteiger partial charge in [-0.2, -0.15) is 0 Å². The molecule has 21 heavy (non-hydrogen) atoms. The first-order chi connectivity index (χ1) is 10.0. The average Bonchev–Trinajstić information content (AvgIpc) is 2.46. The number of ether oxygens (including phenoxy) is 1. The Bertz CT molecular complexity index is 653. The number of hydrogen-bond donors (Lipinski definition) is 3. The number of carboxylic acids is 1. The summed E-state index contributed by atoms with van der Waals surface area (Å²) in [6, 6.07) is 13.1. The molecule has 0 spiro atoms. The third-order valence-electron chi connectivity index (χ3n) is 2.62. The Labute approximate surface area is 121 Å². The van der Waals surface area contributed by atoms with E-state index >= 15 is 0 Å². The molecular weight excluding hydrogens is 272 g/mol. The SMILES string of the molecule is Nc1cccc(C(=O)Nc2ccc(OCC(=O)O)cc2)c1. The van der Waals surface area contributed by atoms with Crippen molar-refractivity contribution in [3.63, 3.8) is 0 Å². The molecule has 2 rings (SSSR count). The van der Waals surface area contributed by atoms with Crippen LogP contribution in [0.1, 0.15) is 10.4 Å². The van der Waals surface area contributed by atoms with Gasteiger partial charge in [0.1, 0.15) is 5.75 Å². The summed E-state index contributed by atoms with van der Waals surface area (Å²) >= 11 is 0. The summed E-state index contributed by atoms with van der Waals surface area (Å²) in [5, 5.41) is 11.2. The van der Waals surface area contributed by atoms with Crippen LogP contribution < -0.4 is 15.8 Å².